The molecule has 360 valence electrons. The van der Waals surface area contributed by atoms with Crippen molar-refractivity contribution < 1.29 is 42.8 Å². The first kappa shape index (κ1) is 47.8. The molecular weight excluding hydrogens is 889 g/mol. The Morgan fingerprint density at radius 3 is 1.20 bits per heavy atom. The predicted molar refractivity (Wildman–Crippen MR) is 274 cm³/mol. The van der Waals surface area contributed by atoms with Crippen molar-refractivity contribution in [2.45, 2.75) is 0 Å². The summed E-state index contributed by atoms with van der Waals surface area (Å²) < 4.78 is 48.8. The van der Waals surface area contributed by atoms with E-state index < -0.39 is 0 Å². The molecule has 0 aliphatic heterocycles. The molecule has 9 rings (SSSR count). The zero-order valence-electron chi connectivity index (χ0n) is 39.4. The van der Waals surface area contributed by atoms with Gasteiger partial charge in [-0.1, -0.05) is 36.4 Å². The molecule has 7 aromatic carbocycles. The number of non-ortho nitro benzene ring substituents is 1. The number of para-hydroxylation sites is 2. The van der Waals surface area contributed by atoms with Crippen molar-refractivity contribution in [1.29, 1.82) is 0 Å². The van der Waals surface area contributed by atoms with E-state index in [0.29, 0.717) is 79.3 Å². The van der Waals surface area contributed by atoms with Gasteiger partial charge in [0.15, 0.2) is 0 Å². The summed E-state index contributed by atoms with van der Waals surface area (Å²) in [5.41, 5.74) is 8.78. The van der Waals surface area contributed by atoms with Crippen molar-refractivity contribution in [1.82, 2.24) is 9.13 Å². The monoisotopic (exact) mass is 944 g/mol. The standard InChI is InChI=1S/C56H56N4O10/c1-63-27-29-65-31-33-67-35-37-69-47-21-15-42(16-22-47)58-53-9-5-3-7-49(53)51-39-45(19-25-55(51)58)57(41-11-13-44(14-12-41)60(61)62)46-20-26-56-52(40-46)50-8-4-6-10-54(50)59(56)43-17-23-48(24-18-43)70-38-36-68-34-32-66-30-28-64-2/h3-26,39-40H,27-38H2,1-2H3. The molecule has 2 heterocycles. The molecule has 0 unspecified atom stereocenters. The molecule has 0 aliphatic carbocycles. The van der Waals surface area contributed by atoms with Gasteiger partial charge in [-0.05, 0) is 109 Å². The number of nitro groups is 1. The third-order valence-electron chi connectivity index (χ3n) is 11.9. The SMILES string of the molecule is COCCOCCOCCOc1ccc(-n2c3ccccc3c3cc(N(c4ccc([N+](=O)[O-])cc4)c4ccc5c(c4)c4ccccc4n5-c4ccc(OCCOCCOCCOC)cc4)ccc32)cc1. The third kappa shape index (κ3) is 10.9. The molecule has 14 heteroatoms. The van der Waals surface area contributed by atoms with Crippen molar-refractivity contribution in [2.75, 3.05) is 98.4 Å². The lowest BCUT2D eigenvalue weighted by Crippen LogP contribution is -2.12. The molecule has 0 amide bonds. The Kier molecular flexibility index (Phi) is 15.9. The molecule has 0 bridgehead atoms. The van der Waals surface area contributed by atoms with Crippen LogP contribution in [0.3, 0.4) is 0 Å². The molecule has 0 aliphatic rings. The van der Waals surface area contributed by atoms with E-state index in [1.807, 2.05) is 36.4 Å². The Balaban J connectivity index is 1.00. The second kappa shape index (κ2) is 23.3. The summed E-state index contributed by atoms with van der Waals surface area (Å²) in [5, 5.41) is 16.1. The van der Waals surface area contributed by atoms with Crippen molar-refractivity contribution in [2.24, 2.45) is 0 Å². The number of nitro benzene ring substituents is 1. The highest BCUT2D eigenvalue weighted by atomic mass is 16.6. The van der Waals surface area contributed by atoms with Gasteiger partial charge in [-0.2, -0.15) is 0 Å². The number of ether oxygens (including phenoxy) is 8. The number of nitrogens with zero attached hydrogens (tertiary/aromatic N) is 4. The minimum atomic E-state index is -0.371. The lowest BCUT2D eigenvalue weighted by atomic mass is 10.1. The van der Waals surface area contributed by atoms with Crippen LogP contribution in [0.2, 0.25) is 0 Å². The van der Waals surface area contributed by atoms with Crippen molar-refractivity contribution in [3.8, 4) is 22.9 Å². The van der Waals surface area contributed by atoms with Gasteiger partial charge in [-0.25, -0.2) is 0 Å². The first-order valence-corrected chi connectivity index (χ1v) is 23.4. The van der Waals surface area contributed by atoms with Gasteiger partial charge < -0.3 is 51.9 Å². The summed E-state index contributed by atoms with van der Waals surface area (Å²) >= 11 is 0. The fraction of sp³-hybridized carbons (Fsp3) is 0.250. The summed E-state index contributed by atoms with van der Waals surface area (Å²) in [6.45, 7) is 5.97. The van der Waals surface area contributed by atoms with Crippen LogP contribution in [0, 0.1) is 10.1 Å². The van der Waals surface area contributed by atoms with E-state index in [1.54, 1.807) is 26.4 Å². The molecular formula is C56H56N4O10. The first-order chi connectivity index (χ1) is 34.5. The Hall–Kier alpha value is -7.30. The molecule has 0 saturated carbocycles. The van der Waals surface area contributed by atoms with Gasteiger partial charge in [0.25, 0.3) is 5.69 Å². The molecule has 0 spiro atoms. The van der Waals surface area contributed by atoms with Gasteiger partial charge in [0, 0.05) is 76.3 Å². The van der Waals surface area contributed by atoms with Crippen molar-refractivity contribution >= 4 is 66.4 Å². The van der Waals surface area contributed by atoms with E-state index in [9.17, 15) is 10.1 Å². The van der Waals surface area contributed by atoms with E-state index in [4.69, 9.17) is 37.9 Å². The Morgan fingerprint density at radius 2 is 0.786 bits per heavy atom. The molecule has 2 aromatic heterocycles. The number of aromatic nitrogens is 2. The first-order valence-electron chi connectivity index (χ1n) is 23.4. The van der Waals surface area contributed by atoms with Crippen LogP contribution in [0.4, 0.5) is 22.7 Å². The Bertz CT molecular complexity index is 2950. The average Bonchev–Trinajstić information content (AvgIpc) is 3.90. The maximum atomic E-state index is 11.8. The van der Waals surface area contributed by atoms with Crippen molar-refractivity contribution in [3.63, 3.8) is 0 Å². The summed E-state index contributed by atoms with van der Waals surface area (Å²) in [6, 6.07) is 52.6. The molecule has 0 fully saturated rings. The highest BCUT2D eigenvalue weighted by Crippen LogP contribution is 2.43. The lowest BCUT2D eigenvalue weighted by Gasteiger charge is -2.26. The third-order valence-corrected chi connectivity index (χ3v) is 11.9. The maximum absolute atomic E-state index is 11.8. The second-order valence-electron chi connectivity index (χ2n) is 16.3. The van der Waals surface area contributed by atoms with Gasteiger partial charge in [-0.3, -0.25) is 10.1 Å². The number of benzene rings is 7. The largest absolute Gasteiger partial charge is 0.491 e. The quantitative estimate of drug-likeness (QED) is 0.0292. The normalized spacial score (nSPS) is 11.6. The van der Waals surface area contributed by atoms with Gasteiger partial charge >= 0.3 is 0 Å². The number of rotatable bonds is 26. The van der Waals surface area contributed by atoms with Gasteiger partial charge in [-0.15, -0.1) is 0 Å². The highest BCUT2D eigenvalue weighted by Gasteiger charge is 2.21. The van der Waals surface area contributed by atoms with Crippen LogP contribution < -0.4 is 14.4 Å². The molecule has 70 heavy (non-hydrogen) atoms. The lowest BCUT2D eigenvalue weighted by molar-refractivity contribution is -0.384. The van der Waals surface area contributed by atoms with Crippen LogP contribution >= 0.6 is 0 Å². The van der Waals surface area contributed by atoms with E-state index in [0.717, 1.165) is 83.5 Å². The van der Waals surface area contributed by atoms with Gasteiger partial charge in [0.2, 0.25) is 0 Å². The fourth-order valence-electron chi connectivity index (χ4n) is 8.68. The van der Waals surface area contributed by atoms with Crippen LogP contribution in [0.5, 0.6) is 11.5 Å². The predicted octanol–water partition coefficient (Wildman–Crippen LogP) is 11.4. The van der Waals surface area contributed by atoms with Crippen LogP contribution in [0.15, 0.2) is 158 Å². The topological polar surface area (TPSA) is 130 Å². The number of anilines is 3. The second-order valence-corrected chi connectivity index (χ2v) is 16.3. The molecule has 0 N–H and O–H groups in total. The Morgan fingerprint density at radius 1 is 0.414 bits per heavy atom. The van der Waals surface area contributed by atoms with Crippen LogP contribution in [0.1, 0.15) is 0 Å². The van der Waals surface area contributed by atoms with E-state index in [-0.39, 0.29) is 10.6 Å². The van der Waals surface area contributed by atoms with Crippen LogP contribution in [0.25, 0.3) is 55.0 Å². The highest BCUT2D eigenvalue weighted by molar-refractivity contribution is 6.12. The summed E-state index contributed by atoms with van der Waals surface area (Å²) in [5.74, 6) is 1.51. The molecule has 9 aromatic rings. The average molecular weight is 945 g/mol. The molecule has 0 radical (unpaired) electrons. The summed E-state index contributed by atoms with van der Waals surface area (Å²) in [6.07, 6.45) is 0. The minimum Gasteiger partial charge on any atom is -0.491 e. The summed E-state index contributed by atoms with van der Waals surface area (Å²) in [4.78, 5) is 13.6. The van der Waals surface area contributed by atoms with E-state index in [1.165, 1.54) is 0 Å². The number of hydrogen-bond donors (Lipinski definition) is 0. The summed E-state index contributed by atoms with van der Waals surface area (Å²) in [7, 11) is 3.30. The fourth-order valence-corrected chi connectivity index (χ4v) is 8.68. The zero-order chi connectivity index (χ0) is 48.1. The van der Waals surface area contributed by atoms with E-state index in [2.05, 4.69) is 123 Å². The molecule has 0 saturated heterocycles. The Labute approximate surface area is 406 Å². The smallest absolute Gasteiger partial charge is 0.269 e. The molecule has 14 nitrogen and oxygen atoms in total. The molecule has 0 atom stereocenters. The van der Waals surface area contributed by atoms with Gasteiger partial charge in [0.1, 0.15) is 24.7 Å². The number of hydrogen-bond acceptors (Lipinski definition) is 11. The van der Waals surface area contributed by atoms with E-state index >= 15 is 0 Å². The van der Waals surface area contributed by atoms with Crippen molar-refractivity contribution in [3.05, 3.63) is 168 Å². The van der Waals surface area contributed by atoms with Crippen LogP contribution in [-0.4, -0.2) is 108 Å². The maximum Gasteiger partial charge on any atom is 0.269 e. The number of fused-ring (bicyclic) bond motifs is 6. The zero-order valence-corrected chi connectivity index (χ0v) is 39.4. The minimum absolute atomic E-state index is 0.0225. The van der Waals surface area contributed by atoms with Gasteiger partial charge in [0.05, 0.1) is 93.1 Å². The van der Waals surface area contributed by atoms with Crippen LogP contribution in [-0.2, 0) is 28.4 Å². The number of methoxy groups -OCH3 is 2.